The fraction of sp³-hybridized carbons (Fsp3) is 0. The summed E-state index contributed by atoms with van der Waals surface area (Å²) in [6.07, 6.45) is 3.61. The van der Waals surface area contributed by atoms with Gasteiger partial charge in [0.05, 0.1) is 0 Å². The third kappa shape index (κ3) is 1.53. The number of fused-ring (bicyclic) bond motifs is 1. The highest BCUT2D eigenvalue weighted by Gasteiger charge is 1.99. The lowest BCUT2D eigenvalue weighted by Gasteiger charge is -1.99. The normalized spacial score (nSPS) is 10.7. The summed E-state index contributed by atoms with van der Waals surface area (Å²) in [4.78, 5) is 4.01. The van der Waals surface area contributed by atoms with E-state index in [1.54, 1.807) is 11.3 Å². The van der Waals surface area contributed by atoms with E-state index in [9.17, 15) is 0 Å². The van der Waals surface area contributed by atoms with Crippen molar-refractivity contribution in [1.29, 1.82) is 0 Å². The Morgan fingerprint density at radius 2 is 2.00 bits per heavy atom. The summed E-state index contributed by atoms with van der Waals surface area (Å²) >= 11 is 1.76. The molecule has 0 unspecified atom stereocenters. The zero-order valence-corrected chi connectivity index (χ0v) is 8.79. The average Bonchev–Trinajstić information content (AvgIpc) is 2.77. The summed E-state index contributed by atoms with van der Waals surface area (Å²) in [5.41, 5.74) is 2.30. The maximum absolute atomic E-state index is 4.01. The molecule has 0 spiro atoms. The Balaban J connectivity index is 2.19. The SMILES string of the molecule is [c]1cc2ccsc2cc1-c1ccncc1. The molecule has 1 aromatic carbocycles. The van der Waals surface area contributed by atoms with E-state index < -0.39 is 0 Å². The first-order valence-electron chi connectivity index (χ1n) is 4.73. The van der Waals surface area contributed by atoms with Crippen molar-refractivity contribution in [2.75, 3.05) is 0 Å². The molecule has 0 aliphatic rings. The smallest absolute Gasteiger partial charge is 0.0349 e. The van der Waals surface area contributed by atoms with Gasteiger partial charge in [0.2, 0.25) is 0 Å². The van der Waals surface area contributed by atoms with E-state index in [1.165, 1.54) is 15.6 Å². The predicted molar refractivity (Wildman–Crippen MR) is 63.9 cm³/mol. The summed E-state index contributed by atoms with van der Waals surface area (Å²) in [6, 6.07) is 13.6. The largest absolute Gasteiger partial charge is 0.265 e. The Morgan fingerprint density at radius 3 is 2.87 bits per heavy atom. The first kappa shape index (κ1) is 8.62. The lowest BCUT2D eigenvalue weighted by atomic mass is 10.1. The van der Waals surface area contributed by atoms with Crippen molar-refractivity contribution in [3.8, 4) is 11.1 Å². The Bertz CT molecular complexity index is 584. The quantitative estimate of drug-likeness (QED) is 0.596. The van der Waals surface area contributed by atoms with Crippen LogP contribution in [0.3, 0.4) is 0 Å². The molecule has 0 amide bonds. The number of rotatable bonds is 1. The molecule has 2 heterocycles. The average molecular weight is 210 g/mol. The molecule has 2 aromatic heterocycles. The van der Waals surface area contributed by atoms with Crippen LogP contribution in [0.2, 0.25) is 0 Å². The fourth-order valence-corrected chi connectivity index (χ4v) is 2.40. The third-order valence-electron chi connectivity index (χ3n) is 2.38. The topological polar surface area (TPSA) is 12.9 Å². The van der Waals surface area contributed by atoms with Gasteiger partial charge in [0.1, 0.15) is 0 Å². The first-order chi connectivity index (χ1) is 7.43. The van der Waals surface area contributed by atoms with Gasteiger partial charge >= 0.3 is 0 Å². The molecule has 0 fully saturated rings. The Hall–Kier alpha value is -1.67. The predicted octanol–water partition coefficient (Wildman–Crippen LogP) is 3.76. The molecule has 1 radical (unpaired) electrons. The van der Waals surface area contributed by atoms with E-state index in [0.29, 0.717) is 0 Å². The minimum atomic E-state index is 1.13. The number of hydrogen-bond donors (Lipinski definition) is 0. The molecule has 0 aliphatic carbocycles. The molecule has 0 N–H and O–H groups in total. The second kappa shape index (κ2) is 3.48. The number of pyridine rings is 1. The second-order valence-corrected chi connectivity index (χ2v) is 4.27. The number of benzene rings is 1. The molecule has 0 saturated heterocycles. The van der Waals surface area contributed by atoms with Crippen LogP contribution < -0.4 is 0 Å². The number of aromatic nitrogens is 1. The van der Waals surface area contributed by atoms with Crippen LogP contribution in [0.25, 0.3) is 21.2 Å². The fourth-order valence-electron chi connectivity index (χ4n) is 1.59. The van der Waals surface area contributed by atoms with Crippen LogP contribution >= 0.6 is 11.3 Å². The minimum absolute atomic E-state index is 1.13. The summed E-state index contributed by atoms with van der Waals surface area (Å²) in [7, 11) is 0. The molecule has 2 heteroatoms. The standard InChI is InChI=1S/C13H8NS/c1-2-12(10-3-6-14-7-4-10)9-13-11(1)5-8-15-13/h1,3-9H. The highest BCUT2D eigenvalue weighted by Crippen LogP contribution is 2.26. The van der Waals surface area contributed by atoms with Gasteiger partial charge in [0, 0.05) is 17.1 Å². The van der Waals surface area contributed by atoms with Crippen LogP contribution in [0.5, 0.6) is 0 Å². The van der Waals surface area contributed by atoms with Crippen LogP contribution in [0.15, 0.2) is 48.1 Å². The van der Waals surface area contributed by atoms with Crippen LogP contribution in [0, 0.1) is 6.07 Å². The van der Waals surface area contributed by atoms with E-state index in [2.05, 4.69) is 28.6 Å². The molecule has 15 heavy (non-hydrogen) atoms. The van der Waals surface area contributed by atoms with E-state index >= 15 is 0 Å². The molecule has 0 aliphatic heterocycles. The molecular weight excluding hydrogens is 202 g/mol. The molecule has 3 aromatic rings. The van der Waals surface area contributed by atoms with Gasteiger partial charge in [-0.3, -0.25) is 4.98 Å². The summed E-state index contributed by atoms with van der Waals surface area (Å²) in [5, 5.41) is 3.37. The van der Waals surface area contributed by atoms with Crippen LogP contribution in [-0.2, 0) is 0 Å². The van der Waals surface area contributed by atoms with Crippen molar-refractivity contribution in [2.24, 2.45) is 0 Å². The molecule has 71 valence electrons. The Labute approximate surface area is 92.0 Å². The number of nitrogens with zero attached hydrogens (tertiary/aromatic N) is 1. The van der Waals surface area contributed by atoms with E-state index in [1.807, 2.05) is 30.6 Å². The van der Waals surface area contributed by atoms with Crippen LogP contribution in [0.1, 0.15) is 0 Å². The zero-order chi connectivity index (χ0) is 10.1. The van der Waals surface area contributed by atoms with Crippen molar-refractivity contribution >= 4 is 21.4 Å². The van der Waals surface area contributed by atoms with Gasteiger partial charge in [-0.25, -0.2) is 0 Å². The van der Waals surface area contributed by atoms with Gasteiger partial charge in [0.15, 0.2) is 0 Å². The highest BCUT2D eigenvalue weighted by molar-refractivity contribution is 7.17. The first-order valence-corrected chi connectivity index (χ1v) is 5.61. The van der Waals surface area contributed by atoms with Crippen molar-refractivity contribution in [3.05, 3.63) is 54.2 Å². The van der Waals surface area contributed by atoms with Gasteiger partial charge in [-0.15, -0.1) is 11.3 Å². The number of thiophene rings is 1. The summed E-state index contributed by atoms with van der Waals surface area (Å²) in [5.74, 6) is 0. The van der Waals surface area contributed by atoms with Gasteiger partial charge in [0.25, 0.3) is 0 Å². The van der Waals surface area contributed by atoms with E-state index in [0.717, 1.165) is 5.56 Å². The molecule has 3 rings (SSSR count). The van der Waals surface area contributed by atoms with Crippen molar-refractivity contribution < 1.29 is 0 Å². The number of hydrogen-bond acceptors (Lipinski definition) is 2. The Morgan fingerprint density at radius 1 is 1.13 bits per heavy atom. The molecule has 1 nitrogen and oxygen atoms in total. The lowest BCUT2D eigenvalue weighted by Crippen LogP contribution is -1.77. The van der Waals surface area contributed by atoms with E-state index in [4.69, 9.17) is 0 Å². The summed E-state index contributed by atoms with van der Waals surface area (Å²) < 4.78 is 1.31. The highest BCUT2D eigenvalue weighted by atomic mass is 32.1. The maximum atomic E-state index is 4.01. The molecule has 0 saturated carbocycles. The molecule has 0 bridgehead atoms. The monoisotopic (exact) mass is 210 g/mol. The molecule has 0 atom stereocenters. The van der Waals surface area contributed by atoms with Crippen molar-refractivity contribution in [1.82, 2.24) is 4.98 Å². The zero-order valence-electron chi connectivity index (χ0n) is 7.97. The second-order valence-electron chi connectivity index (χ2n) is 3.32. The summed E-state index contributed by atoms with van der Waals surface area (Å²) in [6.45, 7) is 0. The van der Waals surface area contributed by atoms with Gasteiger partial charge in [-0.05, 0) is 58.3 Å². The maximum Gasteiger partial charge on any atom is 0.0349 e. The Kier molecular flexibility index (Phi) is 2.00. The third-order valence-corrected chi connectivity index (χ3v) is 3.26. The van der Waals surface area contributed by atoms with Gasteiger partial charge < -0.3 is 0 Å². The van der Waals surface area contributed by atoms with Crippen molar-refractivity contribution in [2.45, 2.75) is 0 Å². The molecular formula is C13H8NS. The van der Waals surface area contributed by atoms with Gasteiger partial charge in [-0.1, -0.05) is 0 Å². The van der Waals surface area contributed by atoms with E-state index in [-0.39, 0.29) is 0 Å². The van der Waals surface area contributed by atoms with Crippen molar-refractivity contribution in [3.63, 3.8) is 0 Å². The van der Waals surface area contributed by atoms with Gasteiger partial charge in [-0.2, -0.15) is 0 Å². The van der Waals surface area contributed by atoms with Crippen LogP contribution in [0.4, 0.5) is 0 Å². The minimum Gasteiger partial charge on any atom is -0.265 e. The lowest BCUT2D eigenvalue weighted by molar-refractivity contribution is 1.33. The van der Waals surface area contributed by atoms with Crippen LogP contribution in [-0.4, -0.2) is 4.98 Å².